The fraction of sp³-hybridized carbons (Fsp3) is 0.250. The van der Waals surface area contributed by atoms with Gasteiger partial charge in [-0.1, -0.05) is 11.6 Å². The summed E-state index contributed by atoms with van der Waals surface area (Å²) in [5.74, 6) is 1.67. The summed E-state index contributed by atoms with van der Waals surface area (Å²) < 4.78 is 10.8. The molecule has 0 amide bonds. The Balaban J connectivity index is 1.79. The molecule has 0 spiro atoms. The van der Waals surface area contributed by atoms with E-state index < -0.39 is 0 Å². The van der Waals surface area contributed by atoms with Crippen LogP contribution in [0.5, 0.6) is 5.75 Å². The van der Waals surface area contributed by atoms with Gasteiger partial charge in [-0.2, -0.15) is 0 Å². The Labute approximate surface area is 157 Å². The van der Waals surface area contributed by atoms with E-state index in [1.54, 1.807) is 7.11 Å². The number of aromatic amines is 1. The number of benzene rings is 2. The molecule has 1 aromatic heterocycles. The third-order valence-corrected chi connectivity index (χ3v) is 4.68. The third-order valence-electron chi connectivity index (χ3n) is 4.45. The number of halogens is 1. The van der Waals surface area contributed by atoms with Crippen LogP contribution in [0.2, 0.25) is 5.02 Å². The zero-order chi connectivity index (χ0) is 18.1. The highest BCUT2D eigenvalue weighted by Gasteiger charge is 2.20. The molecule has 1 aliphatic rings. The summed E-state index contributed by atoms with van der Waals surface area (Å²) >= 11 is 6.23. The van der Waals surface area contributed by atoms with E-state index in [0.29, 0.717) is 5.02 Å². The van der Waals surface area contributed by atoms with E-state index in [0.717, 1.165) is 52.4 Å². The molecular weight excluding hydrogens is 350 g/mol. The molecule has 0 saturated carbocycles. The molecule has 3 aromatic rings. The maximum absolute atomic E-state index is 6.23. The summed E-state index contributed by atoms with van der Waals surface area (Å²) in [6.45, 7) is 3.49. The largest absolute Gasteiger partial charge is 0.465 e. The fourth-order valence-corrected chi connectivity index (χ4v) is 3.30. The number of methoxy groups -OCH3 is 1. The number of nitrogens with one attached hydrogen (secondary N) is 2. The van der Waals surface area contributed by atoms with Crippen LogP contribution in [-0.4, -0.2) is 37.3 Å². The molecule has 26 heavy (non-hydrogen) atoms. The van der Waals surface area contributed by atoms with Crippen molar-refractivity contribution in [3.05, 3.63) is 53.1 Å². The number of nitrogens with zero attached hydrogens (tertiary/aromatic N) is 1. The number of hydrogen-bond acceptors (Lipinski definition) is 4. The van der Waals surface area contributed by atoms with Crippen molar-refractivity contribution in [3.8, 4) is 17.0 Å². The molecule has 1 aliphatic heterocycles. The number of fused-ring (bicyclic) bond motifs is 1. The van der Waals surface area contributed by atoms with Gasteiger partial charge in [-0.3, -0.25) is 4.99 Å². The van der Waals surface area contributed by atoms with E-state index in [4.69, 9.17) is 21.1 Å². The molecular formula is C20H20ClN3O2. The Hall–Kier alpha value is -2.50. The van der Waals surface area contributed by atoms with Gasteiger partial charge in [0.2, 0.25) is 0 Å². The van der Waals surface area contributed by atoms with Crippen molar-refractivity contribution in [1.82, 2.24) is 10.3 Å². The lowest BCUT2D eigenvalue weighted by Crippen LogP contribution is -2.19. The standard InChI is InChI=1S/C20H20ClN3O2/c1-12(25-2)26-15-6-3-13(4-7-15)19-18(20-22-9-10-23-20)16-11-14(21)5-8-17(16)24-19/h3-8,11-12,24H,9-10H2,1-2H3,(H,22,23). The van der Waals surface area contributed by atoms with Gasteiger partial charge in [-0.15, -0.1) is 0 Å². The van der Waals surface area contributed by atoms with E-state index in [-0.39, 0.29) is 6.29 Å². The smallest absolute Gasteiger partial charge is 0.196 e. The number of ether oxygens (including phenoxy) is 2. The highest BCUT2D eigenvalue weighted by atomic mass is 35.5. The summed E-state index contributed by atoms with van der Waals surface area (Å²) in [5.41, 5.74) is 4.16. The van der Waals surface area contributed by atoms with E-state index in [1.165, 1.54) is 0 Å². The van der Waals surface area contributed by atoms with Crippen LogP contribution in [0.15, 0.2) is 47.5 Å². The summed E-state index contributed by atoms with van der Waals surface area (Å²) in [7, 11) is 1.62. The van der Waals surface area contributed by atoms with Gasteiger partial charge in [0.05, 0.1) is 12.2 Å². The summed E-state index contributed by atoms with van der Waals surface area (Å²) in [6, 6.07) is 13.8. The van der Waals surface area contributed by atoms with Gasteiger partial charge in [-0.25, -0.2) is 0 Å². The second kappa shape index (κ2) is 7.02. The van der Waals surface area contributed by atoms with Crippen molar-refractivity contribution in [1.29, 1.82) is 0 Å². The van der Waals surface area contributed by atoms with Crippen molar-refractivity contribution in [2.75, 3.05) is 20.2 Å². The van der Waals surface area contributed by atoms with Crippen molar-refractivity contribution >= 4 is 28.3 Å². The maximum atomic E-state index is 6.23. The zero-order valence-corrected chi connectivity index (χ0v) is 15.4. The first-order valence-corrected chi connectivity index (χ1v) is 8.93. The molecule has 0 radical (unpaired) electrons. The van der Waals surface area contributed by atoms with Crippen LogP contribution in [0.1, 0.15) is 12.5 Å². The molecule has 2 heterocycles. The summed E-state index contributed by atoms with van der Waals surface area (Å²) in [4.78, 5) is 8.12. The maximum Gasteiger partial charge on any atom is 0.196 e. The molecule has 1 unspecified atom stereocenters. The molecule has 4 rings (SSSR count). The quantitative estimate of drug-likeness (QED) is 0.662. The predicted octanol–water partition coefficient (Wildman–Crippen LogP) is 4.21. The van der Waals surface area contributed by atoms with Crippen LogP contribution in [-0.2, 0) is 4.74 Å². The molecule has 134 valence electrons. The zero-order valence-electron chi connectivity index (χ0n) is 14.7. The second-order valence-electron chi connectivity index (χ2n) is 6.17. The highest BCUT2D eigenvalue weighted by molar-refractivity contribution is 6.31. The molecule has 1 atom stereocenters. The first kappa shape index (κ1) is 16.9. The van der Waals surface area contributed by atoms with Crippen molar-refractivity contribution in [2.45, 2.75) is 13.2 Å². The number of aromatic nitrogens is 1. The minimum absolute atomic E-state index is 0.288. The normalized spacial score (nSPS) is 15.0. The lowest BCUT2D eigenvalue weighted by Gasteiger charge is -2.13. The van der Waals surface area contributed by atoms with Crippen LogP contribution >= 0.6 is 11.6 Å². The SMILES string of the molecule is COC(C)Oc1ccc(-c2[nH]c3ccc(Cl)cc3c2C2=NCCN2)cc1. The Morgan fingerprint density at radius 2 is 1.96 bits per heavy atom. The van der Waals surface area contributed by atoms with Crippen LogP contribution in [0, 0.1) is 0 Å². The van der Waals surface area contributed by atoms with E-state index in [2.05, 4.69) is 15.3 Å². The van der Waals surface area contributed by atoms with E-state index in [9.17, 15) is 0 Å². The third kappa shape index (κ3) is 3.16. The molecule has 0 bridgehead atoms. The van der Waals surface area contributed by atoms with Crippen molar-refractivity contribution in [3.63, 3.8) is 0 Å². The number of rotatable bonds is 5. The fourth-order valence-electron chi connectivity index (χ4n) is 3.13. The number of H-pyrrole nitrogens is 1. The molecule has 2 aromatic carbocycles. The van der Waals surface area contributed by atoms with Crippen molar-refractivity contribution in [2.24, 2.45) is 4.99 Å². The van der Waals surface area contributed by atoms with Crippen LogP contribution in [0.25, 0.3) is 22.2 Å². The highest BCUT2D eigenvalue weighted by Crippen LogP contribution is 2.33. The number of hydrogen-bond donors (Lipinski definition) is 2. The van der Waals surface area contributed by atoms with Gasteiger partial charge < -0.3 is 19.8 Å². The average Bonchev–Trinajstić information content (AvgIpc) is 3.29. The van der Waals surface area contributed by atoms with E-state index >= 15 is 0 Å². The minimum atomic E-state index is -0.288. The second-order valence-corrected chi connectivity index (χ2v) is 6.60. The predicted molar refractivity (Wildman–Crippen MR) is 105 cm³/mol. The van der Waals surface area contributed by atoms with Gasteiger partial charge in [0.15, 0.2) is 6.29 Å². The Morgan fingerprint density at radius 3 is 2.65 bits per heavy atom. The van der Waals surface area contributed by atoms with Gasteiger partial charge >= 0.3 is 0 Å². The van der Waals surface area contributed by atoms with Gasteiger partial charge in [-0.05, 0) is 55.0 Å². The minimum Gasteiger partial charge on any atom is -0.465 e. The first-order valence-electron chi connectivity index (χ1n) is 8.55. The van der Waals surface area contributed by atoms with E-state index in [1.807, 2.05) is 49.4 Å². The molecule has 6 heteroatoms. The Morgan fingerprint density at radius 1 is 1.15 bits per heavy atom. The summed E-state index contributed by atoms with van der Waals surface area (Å²) in [6.07, 6.45) is -0.288. The number of aliphatic imine (C=N–C) groups is 1. The van der Waals surface area contributed by atoms with Crippen LogP contribution < -0.4 is 10.1 Å². The van der Waals surface area contributed by atoms with Crippen LogP contribution in [0.3, 0.4) is 0 Å². The lowest BCUT2D eigenvalue weighted by atomic mass is 10.0. The van der Waals surface area contributed by atoms with Crippen LogP contribution in [0.4, 0.5) is 0 Å². The number of amidine groups is 1. The average molecular weight is 370 g/mol. The summed E-state index contributed by atoms with van der Waals surface area (Å²) in [5, 5.41) is 5.14. The molecule has 5 nitrogen and oxygen atoms in total. The topological polar surface area (TPSA) is 58.6 Å². The molecule has 0 saturated heterocycles. The monoisotopic (exact) mass is 369 g/mol. The van der Waals surface area contributed by atoms with Gasteiger partial charge in [0, 0.05) is 35.1 Å². The molecule has 0 fully saturated rings. The molecule has 0 aliphatic carbocycles. The molecule has 2 N–H and O–H groups in total. The van der Waals surface area contributed by atoms with Gasteiger partial charge in [0.1, 0.15) is 11.6 Å². The van der Waals surface area contributed by atoms with Crippen molar-refractivity contribution < 1.29 is 9.47 Å². The van der Waals surface area contributed by atoms with Gasteiger partial charge in [0.25, 0.3) is 0 Å². The Bertz CT molecular complexity index is 963. The lowest BCUT2D eigenvalue weighted by molar-refractivity contribution is -0.0382. The Kier molecular flexibility index (Phi) is 4.57. The first-order chi connectivity index (χ1) is 12.7.